The minimum atomic E-state index is -0.731. The monoisotopic (exact) mass is 441 g/mol. The maximum atomic E-state index is 11.4. The number of nitrogens with two attached hydrogens (primary N) is 2. The first-order valence-corrected chi connectivity index (χ1v) is 10.00. The van der Waals surface area contributed by atoms with Gasteiger partial charge >= 0.3 is 12.1 Å². The van der Waals surface area contributed by atoms with Gasteiger partial charge in [0, 0.05) is 11.1 Å². The fourth-order valence-corrected chi connectivity index (χ4v) is 2.31. The van der Waals surface area contributed by atoms with Crippen LogP contribution >= 0.6 is 0 Å². The van der Waals surface area contributed by atoms with Crippen LogP contribution in [0, 0.1) is 23.7 Å². The average molecular weight is 442 g/mol. The second kappa shape index (κ2) is 14.3. The zero-order valence-electron chi connectivity index (χ0n) is 18.7. The predicted molar refractivity (Wildman–Crippen MR) is 132 cm³/mol. The Morgan fingerprint density at radius 1 is 1.09 bits per heavy atom. The van der Waals surface area contributed by atoms with Crippen LogP contribution in [0.25, 0.3) is 0 Å². The van der Waals surface area contributed by atoms with Gasteiger partial charge in [0.2, 0.25) is 0 Å². The Kier molecular flexibility index (Phi) is 11.4. The molecule has 0 unspecified atom stereocenters. The number of carbonyl (C=O) groups excluding carboxylic acids is 2. The fourth-order valence-electron chi connectivity index (χ4n) is 2.31. The van der Waals surface area contributed by atoms with Crippen molar-refractivity contribution in [3.63, 3.8) is 0 Å². The molecule has 1 aromatic rings. The summed E-state index contributed by atoms with van der Waals surface area (Å²) in [5.74, 6) is 11.7. The summed E-state index contributed by atoms with van der Waals surface area (Å²) in [5, 5.41) is 5.03. The van der Waals surface area contributed by atoms with Crippen LogP contribution in [0.1, 0.15) is 31.7 Å². The molecule has 0 saturated heterocycles. The molecule has 1 heterocycles. The number of pyridine rings is 1. The van der Waals surface area contributed by atoms with Crippen LogP contribution in [0.2, 0.25) is 0 Å². The molecule has 0 aliphatic heterocycles. The van der Waals surface area contributed by atoms with Crippen LogP contribution in [0.5, 0.6) is 0 Å². The number of nitrogens with one attached hydrogen (secondary N) is 2. The summed E-state index contributed by atoms with van der Waals surface area (Å²) in [6.07, 6.45) is 11.0. The maximum absolute atomic E-state index is 11.4. The highest BCUT2D eigenvalue weighted by molar-refractivity contribution is 5.76. The molecular weight excluding hydrogens is 414 g/mol. The average Bonchev–Trinajstić information content (AvgIpc) is 2.77. The van der Waals surface area contributed by atoms with Gasteiger partial charge in [-0.15, -0.1) is 0 Å². The Hall–Kier alpha value is -4.75. The number of primary amides is 2. The lowest BCUT2D eigenvalue weighted by molar-refractivity contribution is 0.250. The molecule has 7 nitrogen and oxygen atoms in total. The summed E-state index contributed by atoms with van der Waals surface area (Å²) in [5.41, 5.74) is 13.1. The molecule has 0 aliphatic carbocycles. The molecule has 0 fully saturated rings. The van der Waals surface area contributed by atoms with Crippen molar-refractivity contribution in [1.82, 2.24) is 15.6 Å². The second-order valence-electron chi connectivity index (χ2n) is 6.32. The molecule has 168 valence electrons. The number of rotatable bonds is 7. The second-order valence-corrected chi connectivity index (χ2v) is 6.32. The summed E-state index contributed by atoms with van der Waals surface area (Å²) in [6.45, 7) is 11.2. The first-order chi connectivity index (χ1) is 15.8. The smallest absolute Gasteiger partial charge is 0.316 e. The molecule has 0 atom stereocenters. The third kappa shape index (κ3) is 10.2. The minimum absolute atomic E-state index is 0.343. The summed E-state index contributed by atoms with van der Waals surface area (Å²) < 4.78 is 0. The number of urea groups is 2. The van der Waals surface area contributed by atoms with Crippen LogP contribution in [0.4, 0.5) is 9.59 Å². The molecule has 0 radical (unpaired) electrons. The van der Waals surface area contributed by atoms with Crippen molar-refractivity contribution >= 4 is 12.1 Å². The molecule has 4 amide bonds. The molecule has 33 heavy (non-hydrogen) atoms. The Morgan fingerprint density at radius 2 is 1.73 bits per heavy atom. The first kappa shape index (κ1) is 26.3. The number of aromatic nitrogens is 1. The van der Waals surface area contributed by atoms with Gasteiger partial charge in [-0.05, 0) is 55.5 Å². The Bertz CT molecular complexity index is 1160. The Balaban J connectivity index is 3.29. The van der Waals surface area contributed by atoms with Crippen molar-refractivity contribution in [1.29, 1.82) is 0 Å². The third-order valence-electron chi connectivity index (χ3n) is 3.68. The van der Waals surface area contributed by atoms with Crippen LogP contribution in [-0.2, 0) is 0 Å². The van der Waals surface area contributed by atoms with Gasteiger partial charge in [0.25, 0.3) is 0 Å². The minimum Gasteiger partial charge on any atom is -0.351 e. The summed E-state index contributed by atoms with van der Waals surface area (Å²) in [4.78, 5) is 26.9. The van der Waals surface area contributed by atoms with Crippen LogP contribution < -0.4 is 22.1 Å². The Labute approximate surface area is 194 Å². The molecule has 0 aliphatic rings. The lowest BCUT2D eigenvalue weighted by Gasteiger charge is -2.05. The topological polar surface area (TPSA) is 123 Å². The number of nitrogens with zero attached hydrogens (tertiary/aromatic N) is 1. The normalized spacial score (nSPS) is 11.5. The number of allylic oxidation sites excluding steroid dienone is 8. The zero-order valence-corrected chi connectivity index (χ0v) is 18.7. The lowest BCUT2D eigenvalue weighted by Crippen LogP contribution is -2.29. The molecule has 0 saturated carbocycles. The van der Waals surface area contributed by atoms with Crippen LogP contribution in [-0.4, -0.2) is 17.0 Å². The van der Waals surface area contributed by atoms with E-state index in [-0.39, 0.29) is 0 Å². The van der Waals surface area contributed by atoms with E-state index < -0.39 is 12.1 Å². The van der Waals surface area contributed by atoms with Gasteiger partial charge in [-0.25, -0.2) is 14.6 Å². The molecule has 0 aromatic carbocycles. The SMILES string of the molecule is C=C/C=C(/NC(N)=O)C(=C)C#Cc1cccc(C#CC(/C=C\C)=C(/C=C\CC)NC(N)=O)n1. The van der Waals surface area contributed by atoms with Gasteiger partial charge in [-0.2, -0.15) is 0 Å². The summed E-state index contributed by atoms with van der Waals surface area (Å²) in [7, 11) is 0. The molecule has 7 heteroatoms. The molecular formula is C26H27N5O2. The van der Waals surface area contributed by atoms with E-state index in [1.54, 1.807) is 30.4 Å². The summed E-state index contributed by atoms with van der Waals surface area (Å²) in [6, 6.07) is 3.81. The first-order valence-electron chi connectivity index (χ1n) is 10.00. The van der Waals surface area contributed by atoms with E-state index in [9.17, 15) is 9.59 Å². The van der Waals surface area contributed by atoms with Crippen molar-refractivity contribution in [2.24, 2.45) is 11.5 Å². The highest BCUT2D eigenvalue weighted by Gasteiger charge is 2.03. The molecule has 0 spiro atoms. The van der Waals surface area contributed by atoms with E-state index >= 15 is 0 Å². The van der Waals surface area contributed by atoms with E-state index in [1.807, 2.05) is 26.0 Å². The third-order valence-corrected chi connectivity index (χ3v) is 3.68. The van der Waals surface area contributed by atoms with Crippen molar-refractivity contribution in [2.45, 2.75) is 20.3 Å². The van der Waals surface area contributed by atoms with Gasteiger partial charge in [0.1, 0.15) is 11.4 Å². The number of carbonyl (C=O) groups is 2. The van der Waals surface area contributed by atoms with Gasteiger partial charge in [-0.3, -0.25) is 0 Å². The van der Waals surface area contributed by atoms with Crippen molar-refractivity contribution in [2.75, 3.05) is 0 Å². The van der Waals surface area contributed by atoms with E-state index in [0.29, 0.717) is 33.9 Å². The zero-order chi connectivity index (χ0) is 24.6. The van der Waals surface area contributed by atoms with Crippen LogP contribution in [0.3, 0.4) is 0 Å². The van der Waals surface area contributed by atoms with E-state index in [0.717, 1.165) is 6.42 Å². The van der Waals surface area contributed by atoms with E-state index in [4.69, 9.17) is 11.5 Å². The van der Waals surface area contributed by atoms with Gasteiger partial charge in [-0.1, -0.05) is 56.2 Å². The molecule has 0 bridgehead atoms. The number of amides is 4. The van der Waals surface area contributed by atoms with Gasteiger partial charge < -0.3 is 22.1 Å². The lowest BCUT2D eigenvalue weighted by atomic mass is 10.1. The maximum Gasteiger partial charge on any atom is 0.316 e. The predicted octanol–water partition coefficient (Wildman–Crippen LogP) is 3.54. The van der Waals surface area contributed by atoms with E-state index in [1.165, 1.54) is 12.2 Å². The highest BCUT2D eigenvalue weighted by Crippen LogP contribution is 2.07. The van der Waals surface area contributed by atoms with Gasteiger partial charge in [0.05, 0.1) is 11.4 Å². The van der Waals surface area contributed by atoms with Crippen molar-refractivity contribution < 1.29 is 9.59 Å². The van der Waals surface area contributed by atoms with Crippen molar-refractivity contribution in [3.05, 3.63) is 102 Å². The van der Waals surface area contributed by atoms with Crippen LogP contribution in [0.15, 0.2) is 90.4 Å². The van der Waals surface area contributed by atoms with Gasteiger partial charge in [0.15, 0.2) is 0 Å². The molecule has 6 N–H and O–H groups in total. The molecule has 1 aromatic heterocycles. The van der Waals surface area contributed by atoms with E-state index in [2.05, 4.69) is 52.5 Å². The number of hydrogen-bond donors (Lipinski definition) is 4. The standard InChI is InChI=1S/C26H27N5O2/c1-5-8-14-24(31-26(28)33)20(10-6-2)16-18-22-13-9-12-21(29-22)17-15-19(4)23(11-7-3)30-25(27)32/h6-14H,3-5H2,1-2H3,(H3,27,30,32)(H3,28,31,33)/b10-6-,14-8-,23-11+,24-20-. The molecule has 1 rings (SSSR count). The Morgan fingerprint density at radius 3 is 2.27 bits per heavy atom. The quantitative estimate of drug-likeness (QED) is 0.382. The number of hydrogen-bond acceptors (Lipinski definition) is 3. The summed E-state index contributed by atoms with van der Waals surface area (Å²) >= 11 is 0. The highest BCUT2D eigenvalue weighted by atomic mass is 16.2. The fraction of sp³-hybridized carbons (Fsp3) is 0.115. The largest absolute Gasteiger partial charge is 0.351 e. The van der Waals surface area contributed by atoms with Crippen molar-refractivity contribution in [3.8, 4) is 23.7 Å².